The highest BCUT2D eigenvalue weighted by molar-refractivity contribution is 5.80. The Hall–Kier alpha value is -2.83. The van der Waals surface area contributed by atoms with E-state index in [9.17, 15) is 9.59 Å². The third-order valence-corrected chi connectivity index (χ3v) is 4.85. The molecule has 0 spiro atoms. The number of para-hydroxylation sites is 1. The van der Waals surface area contributed by atoms with E-state index in [1.807, 2.05) is 18.2 Å². The van der Waals surface area contributed by atoms with Gasteiger partial charge in [0.05, 0.1) is 31.6 Å². The molecular formula is C18H19N3O4. The lowest BCUT2D eigenvalue weighted by Gasteiger charge is -2.33. The summed E-state index contributed by atoms with van der Waals surface area (Å²) < 4.78 is 11.1. The Labute approximate surface area is 144 Å². The molecule has 1 atom stereocenters. The largest absolute Gasteiger partial charge is 0.493 e. The number of H-pyrrole nitrogens is 1. The molecular weight excluding hydrogens is 322 g/mol. The molecule has 25 heavy (non-hydrogen) atoms. The Balaban J connectivity index is 1.52. The molecule has 7 nitrogen and oxygen atoms in total. The second kappa shape index (κ2) is 6.23. The van der Waals surface area contributed by atoms with Gasteiger partial charge in [-0.05, 0) is 24.5 Å². The number of hydrogen-bond donors (Lipinski definition) is 1. The minimum absolute atomic E-state index is 0.0428. The van der Waals surface area contributed by atoms with Crippen molar-refractivity contribution < 1.29 is 14.3 Å². The van der Waals surface area contributed by atoms with Gasteiger partial charge in [0.2, 0.25) is 5.91 Å². The average molecular weight is 341 g/mol. The number of carbonyl (C=O) groups excluding carboxylic acids is 1. The van der Waals surface area contributed by atoms with E-state index in [0.717, 1.165) is 11.3 Å². The summed E-state index contributed by atoms with van der Waals surface area (Å²) in [5.74, 6) is 1.23. The zero-order valence-corrected chi connectivity index (χ0v) is 13.9. The van der Waals surface area contributed by atoms with Gasteiger partial charge in [0.15, 0.2) is 11.5 Å². The number of amides is 1. The van der Waals surface area contributed by atoms with E-state index in [2.05, 4.69) is 9.97 Å². The normalized spacial score (nSPS) is 18.8. The van der Waals surface area contributed by atoms with E-state index < -0.39 is 0 Å². The zero-order chi connectivity index (χ0) is 17.4. The molecule has 2 aliphatic heterocycles. The average Bonchev–Trinajstić information content (AvgIpc) is 2.66. The van der Waals surface area contributed by atoms with Gasteiger partial charge in [-0.2, -0.15) is 0 Å². The fourth-order valence-corrected chi connectivity index (χ4v) is 3.53. The third-order valence-electron chi connectivity index (χ3n) is 4.85. The van der Waals surface area contributed by atoms with Gasteiger partial charge in [-0.25, -0.2) is 4.98 Å². The summed E-state index contributed by atoms with van der Waals surface area (Å²) >= 11 is 0. The second-order valence-electron chi connectivity index (χ2n) is 6.33. The molecule has 0 unspecified atom stereocenters. The Morgan fingerprint density at radius 3 is 3.16 bits per heavy atom. The highest BCUT2D eigenvalue weighted by atomic mass is 16.5. The fourth-order valence-electron chi connectivity index (χ4n) is 3.53. The summed E-state index contributed by atoms with van der Waals surface area (Å²) in [7, 11) is 1.61. The summed E-state index contributed by atoms with van der Waals surface area (Å²) in [5.41, 5.74) is 2.23. The van der Waals surface area contributed by atoms with Gasteiger partial charge in [0, 0.05) is 12.1 Å². The maximum Gasteiger partial charge on any atom is 0.254 e. The molecule has 3 heterocycles. The van der Waals surface area contributed by atoms with Crippen molar-refractivity contribution in [2.24, 2.45) is 5.92 Å². The summed E-state index contributed by atoms with van der Waals surface area (Å²) in [4.78, 5) is 33.3. The Morgan fingerprint density at radius 2 is 2.32 bits per heavy atom. The predicted octanol–water partition coefficient (Wildman–Crippen LogP) is 0.914. The van der Waals surface area contributed by atoms with E-state index in [0.29, 0.717) is 49.5 Å². The van der Waals surface area contributed by atoms with Gasteiger partial charge >= 0.3 is 0 Å². The molecule has 4 rings (SSSR count). The van der Waals surface area contributed by atoms with Gasteiger partial charge in [-0.15, -0.1) is 0 Å². The van der Waals surface area contributed by atoms with Crippen molar-refractivity contribution in [3.8, 4) is 11.5 Å². The monoisotopic (exact) mass is 341 g/mol. The maximum absolute atomic E-state index is 12.9. The van der Waals surface area contributed by atoms with Crippen molar-refractivity contribution in [1.29, 1.82) is 0 Å². The number of aromatic amines is 1. The van der Waals surface area contributed by atoms with Crippen LogP contribution in [0.2, 0.25) is 0 Å². The van der Waals surface area contributed by atoms with Crippen molar-refractivity contribution in [1.82, 2.24) is 14.9 Å². The molecule has 0 saturated heterocycles. The number of fused-ring (bicyclic) bond motifs is 2. The van der Waals surface area contributed by atoms with Crippen molar-refractivity contribution in [2.45, 2.75) is 19.4 Å². The molecule has 7 heteroatoms. The summed E-state index contributed by atoms with van der Waals surface area (Å²) in [6.07, 6.45) is 2.54. The van der Waals surface area contributed by atoms with Gasteiger partial charge in [-0.1, -0.05) is 12.1 Å². The second-order valence-corrected chi connectivity index (χ2v) is 6.33. The molecule has 2 aliphatic rings. The quantitative estimate of drug-likeness (QED) is 0.878. The van der Waals surface area contributed by atoms with Crippen LogP contribution in [0.3, 0.4) is 0 Å². The van der Waals surface area contributed by atoms with Crippen LogP contribution in [0.25, 0.3) is 0 Å². The first kappa shape index (κ1) is 15.7. The van der Waals surface area contributed by atoms with Crippen LogP contribution in [0.5, 0.6) is 11.5 Å². The number of ether oxygens (including phenoxy) is 2. The molecule has 130 valence electrons. The van der Waals surface area contributed by atoms with Crippen LogP contribution in [0, 0.1) is 5.92 Å². The molecule has 1 aromatic carbocycles. The van der Waals surface area contributed by atoms with Crippen LogP contribution in [0.1, 0.15) is 16.8 Å². The minimum Gasteiger partial charge on any atom is -0.493 e. The van der Waals surface area contributed by atoms with Gasteiger partial charge in [-0.3, -0.25) is 9.59 Å². The van der Waals surface area contributed by atoms with Crippen molar-refractivity contribution in [2.75, 3.05) is 20.3 Å². The van der Waals surface area contributed by atoms with Crippen molar-refractivity contribution in [3.63, 3.8) is 0 Å². The molecule has 1 amide bonds. The number of nitrogens with one attached hydrogen (secondary N) is 1. The number of methoxy groups -OCH3 is 1. The number of carbonyl (C=O) groups is 1. The highest BCUT2D eigenvalue weighted by Gasteiger charge is 2.33. The molecule has 0 saturated carbocycles. The van der Waals surface area contributed by atoms with Crippen LogP contribution in [-0.4, -0.2) is 41.0 Å². The van der Waals surface area contributed by atoms with E-state index in [1.165, 1.54) is 6.33 Å². The lowest BCUT2D eigenvalue weighted by molar-refractivity contribution is -0.138. The maximum atomic E-state index is 12.9. The van der Waals surface area contributed by atoms with Crippen LogP contribution in [0.15, 0.2) is 29.3 Å². The SMILES string of the molecule is COc1cccc2c1OC[C@H](C(=O)N1CCc3c(nc[nH]c3=O)C1)C2. The standard InChI is InChI=1S/C18H19N3O4/c1-24-15-4-2-3-11-7-12(9-25-16(11)15)18(23)21-6-5-13-14(8-21)19-10-20-17(13)22/h2-4,10,12H,5-9H2,1H3,(H,19,20,22)/t12-/m1/s1. The molecule has 1 N–H and O–H groups in total. The van der Waals surface area contributed by atoms with Crippen LogP contribution < -0.4 is 15.0 Å². The van der Waals surface area contributed by atoms with Crippen molar-refractivity contribution in [3.05, 3.63) is 51.7 Å². The summed E-state index contributed by atoms with van der Waals surface area (Å²) in [6.45, 7) is 1.24. The Kier molecular flexibility index (Phi) is 3.91. The predicted molar refractivity (Wildman–Crippen MR) is 89.7 cm³/mol. The van der Waals surface area contributed by atoms with Crippen molar-refractivity contribution >= 4 is 5.91 Å². The van der Waals surface area contributed by atoms with E-state index in [4.69, 9.17) is 9.47 Å². The lowest BCUT2D eigenvalue weighted by Crippen LogP contribution is -2.44. The van der Waals surface area contributed by atoms with Gasteiger partial charge in [0.1, 0.15) is 6.61 Å². The van der Waals surface area contributed by atoms with E-state index >= 15 is 0 Å². The number of hydrogen-bond acceptors (Lipinski definition) is 5. The third kappa shape index (κ3) is 2.75. The summed E-state index contributed by atoms with van der Waals surface area (Å²) in [5, 5.41) is 0. The minimum atomic E-state index is -0.233. The topological polar surface area (TPSA) is 84.5 Å². The molecule has 1 aromatic heterocycles. The first-order chi connectivity index (χ1) is 12.2. The van der Waals surface area contributed by atoms with E-state index in [-0.39, 0.29) is 17.4 Å². The first-order valence-corrected chi connectivity index (χ1v) is 8.30. The van der Waals surface area contributed by atoms with Gasteiger partial charge < -0.3 is 19.4 Å². The highest BCUT2D eigenvalue weighted by Crippen LogP contribution is 2.36. The first-order valence-electron chi connectivity index (χ1n) is 8.30. The van der Waals surface area contributed by atoms with E-state index in [1.54, 1.807) is 12.0 Å². The van der Waals surface area contributed by atoms with Crippen LogP contribution >= 0.6 is 0 Å². The fraction of sp³-hybridized carbons (Fsp3) is 0.389. The number of aromatic nitrogens is 2. The zero-order valence-electron chi connectivity index (χ0n) is 13.9. The number of nitrogens with zero attached hydrogens (tertiary/aromatic N) is 2. The Bertz CT molecular complexity index is 877. The lowest BCUT2D eigenvalue weighted by atomic mass is 9.94. The number of rotatable bonds is 2. The van der Waals surface area contributed by atoms with Gasteiger partial charge in [0.25, 0.3) is 5.56 Å². The number of benzene rings is 1. The molecule has 0 bridgehead atoms. The molecule has 0 fully saturated rings. The molecule has 0 aliphatic carbocycles. The molecule has 0 radical (unpaired) electrons. The van der Waals surface area contributed by atoms with Crippen LogP contribution in [-0.2, 0) is 24.2 Å². The molecule has 2 aromatic rings. The Morgan fingerprint density at radius 1 is 1.44 bits per heavy atom. The summed E-state index contributed by atoms with van der Waals surface area (Å²) in [6, 6.07) is 5.72. The van der Waals surface area contributed by atoms with Crippen LogP contribution in [0.4, 0.5) is 0 Å². The smallest absolute Gasteiger partial charge is 0.254 e.